The van der Waals surface area contributed by atoms with Gasteiger partial charge in [-0.25, -0.2) is 0 Å². The molecule has 2 N–H and O–H groups in total. The molecule has 0 spiro atoms. The summed E-state index contributed by atoms with van der Waals surface area (Å²) in [6.07, 6.45) is 0.534. The number of aliphatic hydroxyl groups is 2. The van der Waals surface area contributed by atoms with Crippen LogP contribution in [-0.4, -0.2) is 37.0 Å². The fourth-order valence-electron chi connectivity index (χ4n) is 1.45. The molecule has 0 aliphatic rings. The Balaban J connectivity index is 2.38. The lowest BCUT2D eigenvalue weighted by atomic mass is 10.1. The van der Waals surface area contributed by atoms with Crippen LogP contribution in [0.25, 0.3) is 5.69 Å². The van der Waals surface area contributed by atoms with E-state index in [0.717, 1.165) is 11.3 Å². The lowest BCUT2D eigenvalue weighted by Crippen LogP contribution is -2.05. The highest BCUT2D eigenvalue weighted by molar-refractivity contribution is 5.39. The van der Waals surface area contributed by atoms with E-state index in [9.17, 15) is 0 Å². The van der Waals surface area contributed by atoms with E-state index in [1.807, 2.05) is 24.3 Å². The van der Waals surface area contributed by atoms with Crippen molar-refractivity contribution in [1.29, 1.82) is 0 Å². The maximum Gasteiger partial charge on any atom is 0.200 e. The molecule has 0 atom stereocenters. The van der Waals surface area contributed by atoms with Crippen LogP contribution in [0.1, 0.15) is 11.4 Å². The normalized spacial score (nSPS) is 10.6. The van der Waals surface area contributed by atoms with Gasteiger partial charge in [-0.15, -0.1) is 15.0 Å². The van der Waals surface area contributed by atoms with E-state index in [-0.39, 0.29) is 19.0 Å². The standard InChI is InChI=1S/C10H12N4O2/c15-6-5-8-3-1-2-4-9(8)14-12-10(7-16)11-13-14/h1-4,15-16H,5-7H2. The van der Waals surface area contributed by atoms with Crippen molar-refractivity contribution < 1.29 is 10.2 Å². The van der Waals surface area contributed by atoms with Crippen molar-refractivity contribution in [3.05, 3.63) is 35.7 Å². The summed E-state index contributed by atoms with van der Waals surface area (Å²) in [6.45, 7) is -0.166. The highest BCUT2D eigenvalue weighted by Gasteiger charge is 2.07. The van der Waals surface area contributed by atoms with Gasteiger partial charge in [0.05, 0.1) is 5.69 Å². The minimum Gasteiger partial charge on any atom is -0.396 e. The van der Waals surface area contributed by atoms with Crippen molar-refractivity contribution >= 4 is 0 Å². The Labute approximate surface area is 92.2 Å². The largest absolute Gasteiger partial charge is 0.396 e. The van der Waals surface area contributed by atoms with Crippen LogP contribution in [0.15, 0.2) is 24.3 Å². The molecule has 0 saturated carbocycles. The predicted octanol–water partition coefficient (Wildman–Crippen LogP) is -0.311. The molecule has 6 nitrogen and oxygen atoms in total. The second kappa shape index (κ2) is 4.82. The fourth-order valence-corrected chi connectivity index (χ4v) is 1.45. The highest BCUT2D eigenvalue weighted by Crippen LogP contribution is 2.12. The van der Waals surface area contributed by atoms with Gasteiger partial charge in [-0.05, 0) is 23.3 Å². The molecule has 0 aliphatic carbocycles. The third-order valence-electron chi connectivity index (χ3n) is 2.18. The number of tetrazole rings is 1. The van der Waals surface area contributed by atoms with Gasteiger partial charge in [-0.3, -0.25) is 0 Å². The Hall–Kier alpha value is -1.79. The lowest BCUT2D eigenvalue weighted by Gasteiger charge is -2.05. The topological polar surface area (TPSA) is 84.1 Å². The van der Waals surface area contributed by atoms with Crippen LogP contribution in [0, 0.1) is 0 Å². The zero-order valence-corrected chi connectivity index (χ0v) is 8.61. The van der Waals surface area contributed by atoms with E-state index >= 15 is 0 Å². The van der Waals surface area contributed by atoms with Gasteiger partial charge in [0.15, 0.2) is 0 Å². The number of benzene rings is 1. The first-order valence-corrected chi connectivity index (χ1v) is 4.94. The van der Waals surface area contributed by atoms with Gasteiger partial charge in [-0.1, -0.05) is 18.2 Å². The smallest absolute Gasteiger partial charge is 0.200 e. The van der Waals surface area contributed by atoms with Crippen molar-refractivity contribution in [2.75, 3.05) is 6.61 Å². The second-order valence-electron chi connectivity index (χ2n) is 3.26. The first-order valence-electron chi connectivity index (χ1n) is 4.94. The molecule has 16 heavy (non-hydrogen) atoms. The molecule has 6 heteroatoms. The molecule has 84 valence electrons. The molecule has 1 aromatic carbocycles. The molecule has 0 aliphatic heterocycles. The quantitative estimate of drug-likeness (QED) is 0.738. The van der Waals surface area contributed by atoms with E-state index in [4.69, 9.17) is 10.2 Å². The van der Waals surface area contributed by atoms with Gasteiger partial charge in [0.25, 0.3) is 0 Å². The number of aromatic nitrogens is 4. The molecule has 1 aromatic heterocycles. The van der Waals surface area contributed by atoms with Crippen molar-refractivity contribution in [2.45, 2.75) is 13.0 Å². The Kier molecular flexibility index (Phi) is 3.23. The molecule has 1 heterocycles. The van der Waals surface area contributed by atoms with Crippen molar-refractivity contribution in [3.63, 3.8) is 0 Å². The second-order valence-corrected chi connectivity index (χ2v) is 3.26. The lowest BCUT2D eigenvalue weighted by molar-refractivity contribution is 0.271. The third kappa shape index (κ3) is 2.07. The maximum absolute atomic E-state index is 8.94. The predicted molar refractivity (Wildman–Crippen MR) is 55.9 cm³/mol. The number of hydrogen-bond acceptors (Lipinski definition) is 5. The van der Waals surface area contributed by atoms with Crippen molar-refractivity contribution in [3.8, 4) is 5.69 Å². The summed E-state index contributed by atoms with van der Waals surface area (Å²) in [5.74, 6) is 0.277. The Bertz CT molecular complexity index is 469. The summed E-state index contributed by atoms with van der Waals surface area (Å²) in [5.41, 5.74) is 1.70. The van der Waals surface area contributed by atoms with Crippen LogP contribution >= 0.6 is 0 Å². The fraction of sp³-hybridized carbons (Fsp3) is 0.300. The monoisotopic (exact) mass is 220 g/mol. The van der Waals surface area contributed by atoms with E-state index in [1.54, 1.807) is 0 Å². The first-order chi connectivity index (χ1) is 7.85. The molecule has 0 radical (unpaired) electrons. The zero-order valence-electron chi connectivity index (χ0n) is 8.61. The van der Waals surface area contributed by atoms with Gasteiger partial charge >= 0.3 is 0 Å². The van der Waals surface area contributed by atoms with E-state index < -0.39 is 0 Å². The molecule has 0 unspecified atom stereocenters. The Morgan fingerprint density at radius 3 is 2.69 bits per heavy atom. The molecule has 0 bridgehead atoms. The molecule has 0 amide bonds. The van der Waals surface area contributed by atoms with Crippen molar-refractivity contribution in [1.82, 2.24) is 20.2 Å². The van der Waals surface area contributed by atoms with Gasteiger partial charge < -0.3 is 10.2 Å². The van der Waals surface area contributed by atoms with Crippen LogP contribution in [-0.2, 0) is 13.0 Å². The maximum atomic E-state index is 8.94. The summed E-state index contributed by atoms with van der Waals surface area (Å²) >= 11 is 0. The van der Waals surface area contributed by atoms with Crippen LogP contribution in [0.3, 0.4) is 0 Å². The van der Waals surface area contributed by atoms with Gasteiger partial charge in [-0.2, -0.15) is 0 Å². The average Bonchev–Trinajstić information content (AvgIpc) is 2.79. The summed E-state index contributed by atoms with van der Waals surface area (Å²) < 4.78 is 0. The molecule has 2 aromatic rings. The Morgan fingerprint density at radius 2 is 2.00 bits per heavy atom. The molecule has 0 fully saturated rings. The highest BCUT2D eigenvalue weighted by atomic mass is 16.3. The number of nitrogens with zero attached hydrogens (tertiary/aromatic N) is 4. The van der Waals surface area contributed by atoms with Gasteiger partial charge in [0.1, 0.15) is 6.61 Å². The number of rotatable bonds is 4. The van der Waals surface area contributed by atoms with Crippen LogP contribution in [0.2, 0.25) is 0 Å². The summed E-state index contributed by atoms with van der Waals surface area (Å²) in [5, 5.41) is 29.3. The minimum atomic E-state index is -0.234. The summed E-state index contributed by atoms with van der Waals surface area (Å²) in [7, 11) is 0. The zero-order chi connectivity index (χ0) is 11.4. The molecular weight excluding hydrogens is 208 g/mol. The number of para-hydroxylation sites is 1. The minimum absolute atomic E-state index is 0.0680. The van der Waals surface area contributed by atoms with Crippen LogP contribution < -0.4 is 0 Å². The molecule has 0 saturated heterocycles. The Morgan fingerprint density at radius 1 is 1.19 bits per heavy atom. The van der Waals surface area contributed by atoms with Gasteiger partial charge in [0.2, 0.25) is 5.82 Å². The van der Waals surface area contributed by atoms with E-state index in [1.165, 1.54) is 4.80 Å². The van der Waals surface area contributed by atoms with E-state index in [0.29, 0.717) is 6.42 Å². The van der Waals surface area contributed by atoms with Crippen LogP contribution in [0.4, 0.5) is 0 Å². The van der Waals surface area contributed by atoms with E-state index in [2.05, 4.69) is 15.4 Å². The average molecular weight is 220 g/mol. The third-order valence-corrected chi connectivity index (χ3v) is 2.18. The molecule has 2 rings (SSSR count). The van der Waals surface area contributed by atoms with Gasteiger partial charge in [0, 0.05) is 6.61 Å². The summed E-state index contributed by atoms with van der Waals surface area (Å²) in [6, 6.07) is 7.48. The SMILES string of the molecule is OCCc1ccccc1-n1nnc(CO)n1. The number of hydrogen-bond donors (Lipinski definition) is 2. The first kappa shape index (κ1) is 10.7. The summed E-state index contributed by atoms with van der Waals surface area (Å²) in [4.78, 5) is 1.36. The number of aliphatic hydroxyl groups excluding tert-OH is 2. The van der Waals surface area contributed by atoms with Crippen molar-refractivity contribution in [2.24, 2.45) is 0 Å². The molecular formula is C10H12N4O2. The van der Waals surface area contributed by atoms with Crippen LogP contribution in [0.5, 0.6) is 0 Å².